The molecule has 29 heavy (non-hydrogen) atoms. The summed E-state index contributed by atoms with van der Waals surface area (Å²) in [5.74, 6) is -0.252. The van der Waals surface area contributed by atoms with Crippen LogP contribution in [0.25, 0.3) is 6.08 Å². The van der Waals surface area contributed by atoms with Crippen LogP contribution in [-0.4, -0.2) is 34.6 Å². The molecule has 0 radical (unpaired) electrons. The second kappa shape index (κ2) is 9.15. The number of rotatable bonds is 6. The Balaban J connectivity index is 1.65. The molecule has 1 heterocycles. The van der Waals surface area contributed by atoms with Crippen molar-refractivity contribution in [3.05, 3.63) is 64.0 Å². The molecule has 0 aliphatic carbocycles. The van der Waals surface area contributed by atoms with Gasteiger partial charge in [-0.15, -0.1) is 0 Å². The summed E-state index contributed by atoms with van der Waals surface area (Å²) in [4.78, 5) is 38.2. The van der Waals surface area contributed by atoms with E-state index in [1.807, 2.05) is 13.8 Å². The lowest BCUT2D eigenvalue weighted by molar-refractivity contribution is -0.127. The molecule has 1 saturated heterocycles. The lowest BCUT2D eigenvalue weighted by Crippen LogP contribution is -2.36. The third-order valence-corrected chi connectivity index (χ3v) is 4.98. The van der Waals surface area contributed by atoms with Gasteiger partial charge in [0, 0.05) is 10.7 Å². The number of nitrogens with one attached hydrogen (secondary N) is 1. The summed E-state index contributed by atoms with van der Waals surface area (Å²) in [6, 6.07) is 13.8. The van der Waals surface area contributed by atoms with E-state index in [9.17, 15) is 14.4 Å². The van der Waals surface area contributed by atoms with Gasteiger partial charge in [0.2, 0.25) is 5.91 Å². The van der Waals surface area contributed by atoms with Gasteiger partial charge in [-0.25, -0.2) is 0 Å². The highest BCUT2D eigenvalue weighted by Crippen LogP contribution is 2.32. The van der Waals surface area contributed by atoms with Crippen LogP contribution in [0.2, 0.25) is 5.02 Å². The zero-order valence-corrected chi connectivity index (χ0v) is 17.4. The van der Waals surface area contributed by atoms with E-state index < -0.39 is 17.1 Å². The molecule has 6 nitrogen and oxygen atoms in total. The Kier molecular flexibility index (Phi) is 6.61. The Morgan fingerprint density at radius 3 is 2.59 bits per heavy atom. The standard InChI is InChI=1S/C21H19ClN2O4S/c1-13(2)28-17-8-6-14(7-9-17)10-18-20(26)24(21(27)29-18)12-19(25)23-16-5-3-4-15(22)11-16/h3-11,13H,12H2,1-2H3,(H,23,25)/b18-10-. The SMILES string of the molecule is CC(C)Oc1ccc(/C=C2\SC(=O)N(CC(=O)Nc3cccc(Cl)c3)C2=O)cc1. The van der Waals surface area contributed by atoms with Gasteiger partial charge in [-0.3, -0.25) is 19.3 Å². The first-order valence-corrected chi connectivity index (χ1v) is 10.1. The molecule has 0 bridgehead atoms. The molecule has 1 aliphatic heterocycles. The van der Waals surface area contributed by atoms with E-state index in [0.29, 0.717) is 10.7 Å². The molecule has 0 aromatic heterocycles. The molecular weight excluding hydrogens is 412 g/mol. The maximum absolute atomic E-state index is 12.6. The minimum Gasteiger partial charge on any atom is -0.491 e. The van der Waals surface area contributed by atoms with Gasteiger partial charge in [0.05, 0.1) is 11.0 Å². The number of hydrogen-bond donors (Lipinski definition) is 1. The Morgan fingerprint density at radius 1 is 1.21 bits per heavy atom. The smallest absolute Gasteiger partial charge is 0.294 e. The number of halogens is 1. The first-order valence-electron chi connectivity index (χ1n) is 8.89. The first kappa shape index (κ1) is 21.0. The average Bonchev–Trinajstić information content (AvgIpc) is 2.90. The second-order valence-corrected chi connectivity index (χ2v) is 7.99. The number of nitrogens with zero attached hydrogens (tertiary/aromatic N) is 1. The number of ether oxygens (including phenoxy) is 1. The molecular formula is C21H19ClN2O4S. The fourth-order valence-electron chi connectivity index (χ4n) is 2.61. The number of carbonyl (C=O) groups excluding carboxylic acids is 3. The average molecular weight is 431 g/mol. The zero-order valence-electron chi connectivity index (χ0n) is 15.8. The van der Waals surface area contributed by atoms with Crippen LogP contribution in [0.4, 0.5) is 10.5 Å². The molecule has 3 amide bonds. The highest BCUT2D eigenvalue weighted by atomic mass is 35.5. The van der Waals surface area contributed by atoms with Gasteiger partial charge < -0.3 is 10.1 Å². The molecule has 0 spiro atoms. The fraction of sp³-hybridized carbons (Fsp3) is 0.190. The van der Waals surface area contributed by atoms with Crippen molar-refractivity contribution >= 4 is 52.2 Å². The molecule has 2 aromatic rings. The van der Waals surface area contributed by atoms with Gasteiger partial charge in [-0.05, 0) is 67.6 Å². The number of imide groups is 1. The van der Waals surface area contributed by atoms with Crippen molar-refractivity contribution in [1.82, 2.24) is 4.90 Å². The minimum absolute atomic E-state index is 0.0652. The van der Waals surface area contributed by atoms with Gasteiger partial charge in [0.1, 0.15) is 12.3 Å². The van der Waals surface area contributed by atoms with Crippen LogP contribution in [0.5, 0.6) is 5.75 Å². The van der Waals surface area contributed by atoms with Gasteiger partial charge in [-0.1, -0.05) is 29.8 Å². The molecule has 1 aliphatic rings. The van der Waals surface area contributed by atoms with Crippen LogP contribution >= 0.6 is 23.4 Å². The summed E-state index contributed by atoms with van der Waals surface area (Å²) in [5.41, 5.74) is 1.25. The van der Waals surface area contributed by atoms with E-state index in [-0.39, 0.29) is 17.6 Å². The molecule has 150 valence electrons. The van der Waals surface area contributed by atoms with Crippen molar-refractivity contribution in [2.75, 3.05) is 11.9 Å². The third-order valence-electron chi connectivity index (χ3n) is 3.83. The van der Waals surface area contributed by atoms with Crippen LogP contribution in [0.1, 0.15) is 19.4 Å². The molecule has 0 unspecified atom stereocenters. The molecule has 1 fully saturated rings. The van der Waals surface area contributed by atoms with E-state index in [2.05, 4.69) is 5.32 Å². The predicted molar refractivity (Wildman–Crippen MR) is 115 cm³/mol. The highest BCUT2D eigenvalue weighted by Gasteiger charge is 2.36. The number of hydrogen-bond acceptors (Lipinski definition) is 5. The van der Waals surface area contributed by atoms with Crippen LogP contribution < -0.4 is 10.1 Å². The molecule has 2 aromatic carbocycles. The Labute approximate surface area is 177 Å². The van der Waals surface area contributed by atoms with E-state index >= 15 is 0 Å². The number of carbonyl (C=O) groups is 3. The fourth-order valence-corrected chi connectivity index (χ4v) is 3.64. The Bertz CT molecular complexity index is 973. The molecule has 0 saturated carbocycles. The van der Waals surface area contributed by atoms with Crippen molar-refractivity contribution in [2.45, 2.75) is 20.0 Å². The summed E-state index contributed by atoms with van der Waals surface area (Å²) in [6.45, 7) is 3.51. The molecule has 8 heteroatoms. The van der Waals surface area contributed by atoms with E-state index in [4.69, 9.17) is 16.3 Å². The third kappa shape index (κ3) is 5.62. The van der Waals surface area contributed by atoms with Crippen LogP contribution in [0.3, 0.4) is 0 Å². The Morgan fingerprint density at radius 2 is 1.93 bits per heavy atom. The Hall–Kier alpha value is -2.77. The van der Waals surface area contributed by atoms with Crippen LogP contribution in [0, 0.1) is 0 Å². The van der Waals surface area contributed by atoms with Gasteiger partial charge in [-0.2, -0.15) is 0 Å². The number of benzene rings is 2. The van der Waals surface area contributed by atoms with Gasteiger partial charge >= 0.3 is 0 Å². The highest BCUT2D eigenvalue weighted by molar-refractivity contribution is 8.18. The van der Waals surface area contributed by atoms with E-state index in [1.165, 1.54) is 0 Å². The van der Waals surface area contributed by atoms with Crippen molar-refractivity contribution in [2.24, 2.45) is 0 Å². The lowest BCUT2D eigenvalue weighted by Gasteiger charge is -2.12. The zero-order chi connectivity index (χ0) is 21.0. The number of thioether (sulfide) groups is 1. The lowest BCUT2D eigenvalue weighted by atomic mass is 10.2. The van der Waals surface area contributed by atoms with Gasteiger partial charge in [0.15, 0.2) is 0 Å². The quantitative estimate of drug-likeness (QED) is 0.666. The van der Waals surface area contributed by atoms with E-state index in [1.54, 1.807) is 54.6 Å². The van der Waals surface area contributed by atoms with Crippen molar-refractivity contribution in [3.8, 4) is 5.75 Å². The summed E-state index contributed by atoms with van der Waals surface area (Å²) in [6.07, 6.45) is 1.69. The summed E-state index contributed by atoms with van der Waals surface area (Å²) in [7, 11) is 0. The summed E-state index contributed by atoms with van der Waals surface area (Å²) in [5, 5.41) is 2.61. The summed E-state index contributed by atoms with van der Waals surface area (Å²) >= 11 is 6.70. The first-order chi connectivity index (χ1) is 13.8. The molecule has 0 atom stereocenters. The second-order valence-electron chi connectivity index (χ2n) is 6.56. The van der Waals surface area contributed by atoms with E-state index in [0.717, 1.165) is 28.0 Å². The maximum Gasteiger partial charge on any atom is 0.294 e. The van der Waals surface area contributed by atoms with Crippen LogP contribution in [-0.2, 0) is 9.59 Å². The normalized spacial score (nSPS) is 15.3. The van der Waals surface area contributed by atoms with Crippen molar-refractivity contribution in [1.29, 1.82) is 0 Å². The van der Waals surface area contributed by atoms with Crippen molar-refractivity contribution in [3.63, 3.8) is 0 Å². The monoisotopic (exact) mass is 430 g/mol. The molecule has 1 N–H and O–H groups in total. The van der Waals surface area contributed by atoms with Gasteiger partial charge in [0.25, 0.3) is 11.1 Å². The number of anilines is 1. The maximum atomic E-state index is 12.6. The minimum atomic E-state index is -0.497. The van der Waals surface area contributed by atoms with Crippen molar-refractivity contribution < 1.29 is 19.1 Å². The summed E-state index contributed by atoms with van der Waals surface area (Å²) < 4.78 is 5.59. The predicted octanol–water partition coefficient (Wildman–Crippen LogP) is 4.80. The topological polar surface area (TPSA) is 75.7 Å². The molecule has 3 rings (SSSR count). The van der Waals surface area contributed by atoms with Crippen LogP contribution in [0.15, 0.2) is 53.4 Å². The largest absolute Gasteiger partial charge is 0.491 e. The number of amides is 3.